The van der Waals surface area contributed by atoms with E-state index in [0.29, 0.717) is 16.6 Å². The number of nitriles is 1. The van der Waals surface area contributed by atoms with Gasteiger partial charge in [-0.25, -0.2) is 19.4 Å². The molecule has 9 nitrogen and oxygen atoms in total. The summed E-state index contributed by atoms with van der Waals surface area (Å²) in [7, 11) is 0. The van der Waals surface area contributed by atoms with Crippen molar-refractivity contribution in [1.29, 1.82) is 5.26 Å². The second-order valence-corrected chi connectivity index (χ2v) is 9.31. The summed E-state index contributed by atoms with van der Waals surface area (Å²) in [6.45, 7) is 3.50. The number of ether oxygens (including phenoxy) is 2. The molecule has 4 aromatic rings. The third kappa shape index (κ3) is 6.02. The van der Waals surface area contributed by atoms with Gasteiger partial charge in [-0.2, -0.15) is 5.26 Å². The van der Waals surface area contributed by atoms with Gasteiger partial charge < -0.3 is 14.4 Å². The van der Waals surface area contributed by atoms with E-state index in [-0.39, 0.29) is 30.7 Å². The highest BCUT2D eigenvalue weighted by molar-refractivity contribution is 6.01. The number of para-hydroxylation sites is 1. The first-order chi connectivity index (χ1) is 20.6. The van der Waals surface area contributed by atoms with Crippen molar-refractivity contribution in [2.24, 2.45) is 5.92 Å². The van der Waals surface area contributed by atoms with E-state index in [4.69, 9.17) is 26.0 Å². The van der Waals surface area contributed by atoms with Gasteiger partial charge in [0.2, 0.25) is 5.88 Å². The standard InChI is InChI=1S/C33H26N6O3/c1-3-5-6-7-11-20-42-32-30-27(25-14-15-29(35-23-25)38-18-16-24(22-34)17-19-38)21-28(33(40)41-4-2)36-31(30)39(37-32)26-12-9-8-10-13-26/h1,8-10,12-15,21,23-24H,4,16-20H2,2H3. The summed E-state index contributed by atoms with van der Waals surface area (Å²) >= 11 is 0. The van der Waals surface area contributed by atoms with Crippen LogP contribution in [0.25, 0.3) is 27.8 Å². The van der Waals surface area contributed by atoms with Gasteiger partial charge in [-0.3, -0.25) is 0 Å². The smallest absolute Gasteiger partial charge is 0.357 e. The Labute approximate surface area is 244 Å². The first-order valence-corrected chi connectivity index (χ1v) is 13.5. The Kier molecular flexibility index (Phi) is 8.64. The Morgan fingerprint density at radius 2 is 1.93 bits per heavy atom. The van der Waals surface area contributed by atoms with Gasteiger partial charge in [-0.1, -0.05) is 18.2 Å². The van der Waals surface area contributed by atoms with E-state index >= 15 is 0 Å². The number of carbonyl (C=O) groups excluding carboxylic acids is 1. The highest BCUT2D eigenvalue weighted by atomic mass is 16.5. The maximum Gasteiger partial charge on any atom is 0.357 e. The number of anilines is 1. The minimum absolute atomic E-state index is 0.00899. The molecule has 0 N–H and O–H groups in total. The second kappa shape index (κ2) is 13.1. The van der Waals surface area contributed by atoms with Crippen LogP contribution in [-0.4, -0.2) is 52.0 Å². The molecule has 0 spiro atoms. The molecule has 0 aliphatic carbocycles. The van der Waals surface area contributed by atoms with Gasteiger partial charge in [0.25, 0.3) is 0 Å². The number of aromatic nitrogens is 4. The molecule has 0 atom stereocenters. The van der Waals surface area contributed by atoms with Crippen LogP contribution in [0.1, 0.15) is 30.3 Å². The van der Waals surface area contributed by atoms with Crippen molar-refractivity contribution in [3.05, 3.63) is 60.4 Å². The van der Waals surface area contributed by atoms with Gasteiger partial charge in [-0.15, -0.1) is 11.5 Å². The van der Waals surface area contributed by atoms with Crippen LogP contribution >= 0.6 is 0 Å². The Bertz CT molecular complexity index is 1800. The largest absolute Gasteiger partial charge is 0.463 e. The fourth-order valence-corrected chi connectivity index (χ4v) is 4.69. The highest BCUT2D eigenvalue weighted by Gasteiger charge is 2.24. The number of benzene rings is 1. The van der Waals surface area contributed by atoms with Gasteiger partial charge in [0.1, 0.15) is 5.82 Å². The summed E-state index contributed by atoms with van der Waals surface area (Å²) in [6, 6.07) is 17.4. The average Bonchev–Trinajstić information content (AvgIpc) is 3.41. The SMILES string of the molecule is C#CC#CC#CCOc1nn(-c2ccccc2)c2nc(C(=O)OCC)cc(-c3ccc(N4CCC(C#N)CC4)nc3)c12. The number of hydrogen-bond acceptors (Lipinski definition) is 8. The molecule has 1 fully saturated rings. The maximum atomic E-state index is 12.9. The number of terminal acetylenes is 1. The van der Waals surface area contributed by atoms with Crippen LogP contribution in [0.2, 0.25) is 0 Å². The lowest BCUT2D eigenvalue weighted by Crippen LogP contribution is -2.33. The first kappa shape index (κ1) is 27.8. The summed E-state index contributed by atoms with van der Waals surface area (Å²) in [6.07, 6.45) is 8.53. The number of nitrogens with zero attached hydrogens (tertiary/aromatic N) is 6. The molecule has 1 aromatic carbocycles. The number of hydrogen-bond donors (Lipinski definition) is 0. The Balaban J connectivity index is 1.62. The molecule has 1 aliphatic rings. The fourth-order valence-electron chi connectivity index (χ4n) is 4.69. The van der Waals surface area contributed by atoms with E-state index in [1.165, 1.54) is 0 Å². The van der Waals surface area contributed by atoms with E-state index in [2.05, 4.69) is 45.6 Å². The van der Waals surface area contributed by atoms with Crippen LogP contribution in [0, 0.1) is 53.3 Å². The number of carbonyl (C=O) groups is 1. The highest BCUT2D eigenvalue weighted by Crippen LogP contribution is 2.37. The lowest BCUT2D eigenvalue weighted by Gasteiger charge is -2.30. The van der Waals surface area contributed by atoms with Crippen molar-refractivity contribution in [3.63, 3.8) is 0 Å². The predicted octanol–water partition coefficient (Wildman–Crippen LogP) is 4.42. The van der Waals surface area contributed by atoms with Crippen LogP contribution in [0.3, 0.4) is 0 Å². The molecule has 0 radical (unpaired) electrons. The van der Waals surface area contributed by atoms with Gasteiger partial charge in [-0.05, 0) is 79.7 Å². The number of piperidine rings is 1. The van der Waals surface area contributed by atoms with Crippen molar-refractivity contribution >= 4 is 22.8 Å². The van der Waals surface area contributed by atoms with E-state index in [9.17, 15) is 10.1 Å². The summed E-state index contributed by atoms with van der Waals surface area (Å²) in [5.41, 5.74) is 2.68. The molecular weight excluding hydrogens is 528 g/mol. The number of esters is 1. The molecule has 0 amide bonds. The van der Waals surface area contributed by atoms with Crippen molar-refractivity contribution < 1.29 is 14.3 Å². The van der Waals surface area contributed by atoms with Crippen molar-refractivity contribution in [2.75, 3.05) is 31.2 Å². The Hall–Kier alpha value is -5.77. The lowest BCUT2D eigenvalue weighted by molar-refractivity contribution is 0.0520. The van der Waals surface area contributed by atoms with Gasteiger partial charge in [0.05, 0.1) is 23.7 Å². The molecule has 4 heterocycles. The van der Waals surface area contributed by atoms with E-state index in [0.717, 1.165) is 43.0 Å². The Morgan fingerprint density at radius 1 is 1.12 bits per heavy atom. The van der Waals surface area contributed by atoms with Gasteiger partial charge in [0, 0.05) is 36.3 Å². The lowest BCUT2D eigenvalue weighted by atomic mass is 9.98. The van der Waals surface area contributed by atoms with Crippen LogP contribution in [0.4, 0.5) is 5.82 Å². The topological polar surface area (TPSA) is 106 Å². The monoisotopic (exact) mass is 554 g/mol. The molecule has 5 rings (SSSR count). The quantitative estimate of drug-likeness (QED) is 0.244. The maximum absolute atomic E-state index is 12.9. The fraction of sp³-hybridized carbons (Fsp3) is 0.242. The molecule has 0 unspecified atom stereocenters. The molecule has 206 valence electrons. The third-order valence-corrected chi connectivity index (χ3v) is 6.72. The molecular formula is C33H26N6O3. The van der Waals surface area contributed by atoms with Crippen LogP contribution in [0.5, 0.6) is 5.88 Å². The van der Waals surface area contributed by atoms with Crippen molar-refractivity contribution in [1.82, 2.24) is 19.7 Å². The van der Waals surface area contributed by atoms with Crippen molar-refractivity contribution in [2.45, 2.75) is 19.8 Å². The van der Waals surface area contributed by atoms with E-state index < -0.39 is 5.97 Å². The van der Waals surface area contributed by atoms with Crippen molar-refractivity contribution in [3.8, 4) is 64.8 Å². The zero-order valence-electron chi connectivity index (χ0n) is 23.0. The summed E-state index contributed by atoms with van der Waals surface area (Å²) in [5, 5.41) is 14.5. The first-order valence-electron chi connectivity index (χ1n) is 13.5. The van der Waals surface area contributed by atoms with Crippen LogP contribution in [0.15, 0.2) is 54.7 Å². The van der Waals surface area contributed by atoms with E-state index in [1.807, 2.05) is 42.5 Å². The normalized spacial score (nSPS) is 12.7. The van der Waals surface area contributed by atoms with Crippen LogP contribution in [-0.2, 0) is 4.74 Å². The number of rotatable bonds is 7. The molecule has 9 heteroatoms. The van der Waals surface area contributed by atoms with Crippen LogP contribution < -0.4 is 9.64 Å². The molecule has 1 saturated heterocycles. The van der Waals surface area contributed by atoms with Gasteiger partial charge in [0.15, 0.2) is 17.9 Å². The number of fused-ring (bicyclic) bond motifs is 1. The number of pyridine rings is 2. The summed E-state index contributed by atoms with van der Waals surface area (Å²) in [4.78, 5) is 24.5. The second-order valence-electron chi connectivity index (χ2n) is 9.31. The molecule has 0 bridgehead atoms. The minimum Gasteiger partial charge on any atom is -0.463 e. The predicted molar refractivity (Wildman–Crippen MR) is 158 cm³/mol. The summed E-state index contributed by atoms with van der Waals surface area (Å²) in [5.74, 6) is 13.3. The molecule has 1 aliphatic heterocycles. The third-order valence-electron chi connectivity index (χ3n) is 6.72. The molecule has 3 aromatic heterocycles. The zero-order chi connectivity index (χ0) is 29.3. The Morgan fingerprint density at radius 3 is 2.62 bits per heavy atom. The average molecular weight is 555 g/mol. The molecule has 42 heavy (non-hydrogen) atoms. The zero-order valence-corrected chi connectivity index (χ0v) is 23.0. The minimum atomic E-state index is -0.549. The molecule has 0 saturated carbocycles. The van der Waals surface area contributed by atoms with Gasteiger partial charge >= 0.3 is 5.97 Å². The van der Waals surface area contributed by atoms with E-state index in [1.54, 1.807) is 23.9 Å². The summed E-state index contributed by atoms with van der Waals surface area (Å²) < 4.78 is 12.9.